The van der Waals surface area contributed by atoms with Crippen molar-refractivity contribution in [2.24, 2.45) is 0 Å². The van der Waals surface area contributed by atoms with Crippen LogP contribution in [0.3, 0.4) is 0 Å². The third kappa shape index (κ3) is 4.88. The molecule has 0 saturated carbocycles. The standard InChI is InChI=1S/C29H30N8O5/c1-19-13-21(27(36-30-5-6-31-36)23(15-19)34-9-3-11-41-25(34)17-38)29(40)22-14-20(2)16-24(28(22)37-32-7-8-33-37)35-10-4-12-42-26(35)18-39/h3-8,11-16,25-26,38-39H,9-10,17-18H2,1-2H3. The highest BCUT2D eigenvalue weighted by Crippen LogP contribution is 2.37. The molecule has 2 N–H and O–H groups in total. The number of ether oxygens (including phenoxy) is 2. The van der Waals surface area contributed by atoms with Crippen molar-refractivity contribution in [3.63, 3.8) is 0 Å². The largest absolute Gasteiger partial charge is 0.476 e. The van der Waals surface area contributed by atoms with E-state index < -0.39 is 12.5 Å². The summed E-state index contributed by atoms with van der Waals surface area (Å²) in [5.41, 5.74) is 4.44. The average molecular weight is 571 g/mol. The summed E-state index contributed by atoms with van der Waals surface area (Å²) in [5.74, 6) is -0.312. The maximum Gasteiger partial charge on any atom is 0.197 e. The fraction of sp³-hybridized carbons (Fsp3) is 0.276. The molecule has 0 bridgehead atoms. The van der Waals surface area contributed by atoms with Gasteiger partial charge in [0.05, 0.1) is 73.0 Å². The van der Waals surface area contributed by atoms with Gasteiger partial charge in [-0.25, -0.2) is 0 Å². The molecule has 13 nitrogen and oxygen atoms in total. The molecule has 42 heavy (non-hydrogen) atoms. The monoisotopic (exact) mass is 570 g/mol. The van der Waals surface area contributed by atoms with Crippen molar-refractivity contribution in [2.45, 2.75) is 26.3 Å². The Morgan fingerprint density at radius 1 is 0.738 bits per heavy atom. The number of aliphatic hydroxyl groups is 2. The smallest absolute Gasteiger partial charge is 0.197 e. The molecule has 0 aliphatic carbocycles. The molecule has 2 atom stereocenters. The minimum atomic E-state index is -0.661. The van der Waals surface area contributed by atoms with Gasteiger partial charge in [-0.15, -0.1) is 9.59 Å². The summed E-state index contributed by atoms with van der Waals surface area (Å²) in [7, 11) is 0. The number of aromatic nitrogens is 6. The molecular weight excluding hydrogens is 540 g/mol. The number of benzene rings is 2. The second-order valence-corrected chi connectivity index (χ2v) is 9.92. The van der Waals surface area contributed by atoms with E-state index in [-0.39, 0.29) is 19.0 Å². The molecule has 216 valence electrons. The molecule has 0 fully saturated rings. The Hall–Kier alpha value is -5.01. The van der Waals surface area contributed by atoms with Crippen LogP contribution in [0.15, 0.2) is 73.7 Å². The number of rotatable bonds is 8. The number of aryl methyl sites for hydroxylation is 2. The van der Waals surface area contributed by atoms with Crippen molar-refractivity contribution >= 4 is 17.2 Å². The number of hydrogen-bond donors (Lipinski definition) is 2. The lowest BCUT2D eigenvalue weighted by atomic mass is 9.94. The number of aliphatic hydroxyl groups excluding tert-OH is 2. The van der Waals surface area contributed by atoms with Gasteiger partial charge >= 0.3 is 0 Å². The van der Waals surface area contributed by atoms with Gasteiger partial charge < -0.3 is 29.5 Å². The molecule has 13 heteroatoms. The lowest BCUT2D eigenvalue weighted by molar-refractivity contribution is 0.0687. The summed E-state index contributed by atoms with van der Waals surface area (Å²) < 4.78 is 11.4. The van der Waals surface area contributed by atoms with E-state index in [9.17, 15) is 15.0 Å². The minimum absolute atomic E-state index is 0.262. The molecule has 2 aromatic carbocycles. The van der Waals surface area contributed by atoms with Crippen molar-refractivity contribution < 1.29 is 24.5 Å². The summed E-state index contributed by atoms with van der Waals surface area (Å²) in [5, 5.41) is 37.7. The summed E-state index contributed by atoms with van der Waals surface area (Å²) in [4.78, 5) is 21.3. The third-order valence-corrected chi connectivity index (χ3v) is 7.09. The van der Waals surface area contributed by atoms with E-state index in [1.54, 1.807) is 24.7 Å². The van der Waals surface area contributed by atoms with Gasteiger partial charge in [0.1, 0.15) is 11.4 Å². The molecular formula is C29H30N8O5. The van der Waals surface area contributed by atoms with Crippen LogP contribution in [0.5, 0.6) is 0 Å². The first-order valence-corrected chi connectivity index (χ1v) is 13.4. The number of ketones is 1. The minimum Gasteiger partial charge on any atom is -0.476 e. The molecule has 0 radical (unpaired) electrons. The Morgan fingerprint density at radius 3 is 1.52 bits per heavy atom. The Labute approximate surface area is 241 Å². The van der Waals surface area contributed by atoms with Crippen LogP contribution in [-0.2, 0) is 9.47 Å². The maximum atomic E-state index is 14.8. The first-order chi connectivity index (χ1) is 20.5. The van der Waals surface area contributed by atoms with E-state index in [4.69, 9.17) is 9.47 Å². The lowest BCUT2D eigenvalue weighted by Gasteiger charge is -2.35. The van der Waals surface area contributed by atoms with Crippen LogP contribution in [-0.4, -0.2) is 84.7 Å². The van der Waals surface area contributed by atoms with Crippen molar-refractivity contribution in [2.75, 3.05) is 36.1 Å². The second-order valence-electron chi connectivity index (χ2n) is 9.92. The number of hydrogen-bond acceptors (Lipinski definition) is 11. The van der Waals surface area contributed by atoms with E-state index in [0.29, 0.717) is 47.0 Å². The molecule has 0 spiro atoms. The number of nitrogens with zero attached hydrogens (tertiary/aromatic N) is 8. The van der Waals surface area contributed by atoms with Crippen LogP contribution in [0.25, 0.3) is 11.4 Å². The summed E-state index contributed by atoms with van der Waals surface area (Å²) >= 11 is 0. The molecule has 2 aliphatic rings. The van der Waals surface area contributed by atoms with Crippen LogP contribution < -0.4 is 9.80 Å². The second kappa shape index (κ2) is 11.5. The maximum absolute atomic E-state index is 14.8. The molecule has 2 aliphatic heterocycles. The van der Waals surface area contributed by atoms with Gasteiger partial charge in [-0.1, -0.05) is 0 Å². The predicted octanol–water partition coefficient (Wildman–Crippen LogP) is 2.03. The van der Waals surface area contributed by atoms with E-state index in [2.05, 4.69) is 20.4 Å². The molecule has 4 heterocycles. The van der Waals surface area contributed by atoms with Gasteiger partial charge in [0.15, 0.2) is 18.2 Å². The average Bonchev–Trinajstić information content (AvgIpc) is 3.75. The SMILES string of the molecule is Cc1cc(C(=O)c2cc(C)cc(N3CC=COC3CO)c2-n2nccn2)c(-n2nccn2)c(N2CC=COC2CO)c1. The molecule has 0 amide bonds. The van der Waals surface area contributed by atoms with Crippen molar-refractivity contribution in [3.8, 4) is 11.4 Å². The summed E-state index contributed by atoms with van der Waals surface area (Å²) in [6.07, 6.45) is 11.6. The van der Waals surface area contributed by atoms with Crippen LogP contribution in [0.2, 0.25) is 0 Å². The van der Waals surface area contributed by atoms with Crippen molar-refractivity contribution in [1.82, 2.24) is 30.0 Å². The Balaban J connectivity index is 1.59. The summed E-state index contributed by atoms with van der Waals surface area (Å²) in [6, 6.07) is 7.43. The lowest BCUT2D eigenvalue weighted by Crippen LogP contribution is -2.42. The number of anilines is 2. The van der Waals surface area contributed by atoms with Gasteiger partial charge in [0, 0.05) is 13.1 Å². The Morgan fingerprint density at radius 2 is 1.14 bits per heavy atom. The fourth-order valence-corrected chi connectivity index (χ4v) is 5.31. The van der Waals surface area contributed by atoms with Crippen molar-refractivity contribution in [3.05, 3.63) is 96.0 Å². The highest BCUT2D eigenvalue weighted by molar-refractivity contribution is 6.15. The fourth-order valence-electron chi connectivity index (χ4n) is 5.31. The Bertz CT molecular complexity index is 1510. The molecule has 2 unspecified atom stereocenters. The third-order valence-electron chi connectivity index (χ3n) is 7.09. The van der Waals surface area contributed by atoms with Crippen LogP contribution in [0.4, 0.5) is 11.4 Å². The van der Waals surface area contributed by atoms with Gasteiger partial charge in [0.25, 0.3) is 0 Å². The van der Waals surface area contributed by atoms with E-state index in [1.165, 1.54) is 34.4 Å². The van der Waals surface area contributed by atoms with E-state index >= 15 is 0 Å². The van der Waals surface area contributed by atoms with Crippen LogP contribution in [0.1, 0.15) is 27.0 Å². The molecule has 2 aromatic heterocycles. The molecule has 0 saturated heterocycles. The quantitative estimate of drug-likeness (QED) is 0.300. The molecule has 6 rings (SSSR count). The predicted molar refractivity (Wildman–Crippen MR) is 153 cm³/mol. The number of carbonyl (C=O) groups is 1. The Kier molecular flexibility index (Phi) is 7.42. The topological polar surface area (TPSA) is 144 Å². The zero-order valence-electron chi connectivity index (χ0n) is 23.1. The highest BCUT2D eigenvalue weighted by atomic mass is 16.5. The zero-order valence-corrected chi connectivity index (χ0v) is 23.1. The highest BCUT2D eigenvalue weighted by Gasteiger charge is 2.32. The number of carbonyl (C=O) groups excluding carboxylic acids is 1. The van der Waals surface area contributed by atoms with E-state index in [1.807, 2.05) is 47.9 Å². The zero-order chi connectivity index (χ0) is 29.2. The van der Waals surface area contributed by atoms with Crippen LogP contribution in [0, 0.1) is 13.8 Å². The van der Waals surface area contributed by atoms with Gasteiger partial charge in [-0.05, 0) is 61.4 Å². The van der Waals surface area contributed by atoms with Crippen LogP contribution >= 0.6 is 0 Å². The first-order valence-electron chi connectivity index (χ1n) is 13.4. The van der Waals surface area contributed by atoms with Gasteiger partial charge in [0.2, 0.25) is 0 Å². The summed E-state index contributed by atoms with van der Waals surface area (Å²) in [6.45, 7) is 4.16. The normalized spacial score (nSPS) is 18.2. The van der Waals surface area contributed by atoms with E-state index in [0.717, 1.165) is 11.1 Å². The molecule has 4 aromatic rings. The first kappa shape index (κ1) is 27.2. The van der Waals surface area contributed by atoms with Gasteiger partial charge in [-0.2, -0.15) is 20.4 Å². The van der Waals surface area contributed by atoms with Crippen molar-refractivity contribution in [1.29, 1.82) is 0 Å². The van der Waals surface area contributed by atoms with Gasteiger partial charge in [-0.3, -0.25) is 4.79 Å².